The van der Waals surface area contributed by atoms with Crippen molar-refractivity contribution in [1.29, 1.82) is 0 Å². The molecule has 0 radical (unpaired) electrons. The van der Waals surface area contributed by atoms with Crippen molar-refractivity contribution < 1.29 is 27.3 Å². The SMILES string of the molecule is O=P(O)(OCc1ccc(F)cc1)OCc1ccc(F)cc1. The Labute approximate surface area is 120 Å². The normalized spacial score (nSPS) is 11.6. The molecule has 0 aliphatic rings. The first-order valence-electron chi connectivity index (χ1n) is 6.05. The number of hydrogen-bond donors (Lipinski definition) is 1. The van der Waals surface area contributed by atoms with Gasteiger partial charge in [0.25, 0.3) is 0 Å². The predicted molar refractivity (Wildman–Crippen MR) is 72.2 cm³/mol. The molecule has 0 unspecified atom stereocenters. The lowest BCUT2D eigenvalue weighted by atomic mass is 10.2. The maximum atomic E-state index is 12.7. The van der Waals surface area contributed by atoms with Gasteiger partial charge in [-0.3, -0.25) is 9.05 Å². The van der Waals surface area contributed by atoms with Gasteiger partial charge in [0, 0.05) is 0 Å². The van der Waals surface area contributed by atoms with E-state index in [1.165, 1.54) is 48.5 Å². The second-order valence-electron chi connectivity index (χ2n) is 4.27. The highest BCUT2D eigenvalue weighted by atomic mass is 31.2. The molecule has 0 aliphatic carbocycles. The number of rotatable bonds is 6. The summed E-state index contributed by atoms with van der Waals surface area (Å²) in [7, 11) is -4.23. The summed E-state index contributed by atoms with van der Waals surface area (Å²) >= 11 is 0. The largest absolute Gasteiger partial charge is 0.472 e. The fraction of sp³-hybridized carbons (Fsp3) is 0.143. The van der Waals surface area contributed by atoms with E-state index in [1.54, 1.807) is 0 Å². The summed E-state index contributed by atoms with van der Waals surface area (Å²) in [6.45, 7) is -0.366. The summed E-state index contributed by atoms with van der Waals surface area (Å²) in [6, 6.07) is 10.6. The summed E-state index contributed by atoms with van der Waals surface area (Å²) < 4.78 is 46.6. The number of halogens is 2. The highest BCUT2D eigenvalue weighted by Gasteiger charge is 2.21. The molecular formula is C14H13F2O4P. The molecule has 0 aliphatic heterocycles. The Morgan fingerprint density at radius 2 is 1.14 bits per heavy atom. The molecule has 1 N–H and O–H groups in total. The Bertz CT molecular complexity index is 575. The Hall–Kier alpha value is -1.59. The smallest absolute Gasteiger partial charge is 0.302 e. The zero-order valence-electron chi connectivity index (χ0n) is 10.9. The van der Waals surface area contributed by atoms with Crippen LogP contribution in [0.3, 0.4) is 0 Å². The molecular weight excluding hydrogens is 301 g/mol. The molecule has 112 valence electrons. The molecule has 0 spiro atoms. The van der Waals surface area contributed by atoms with Crippen LogP contribution in [0.1, 0.15) is 11.1 Å². The minimum absolute atomic E-state index is 0.183. The van der Waals surface area contributed by atoms with Crippen LogP contribution in [0, 0.1) is 11.6 Å². The van der Waals surface area contributed by atoms with E-state index in [9.17, 15) is 18.2 Å². The van der Waals surface area contributed by atoms with Crippen molar-refractivity contribution in [3.05, 3.63) is 71.3 Å². The third-order valence-corrected chi connectivity index (χ3v) is 3.53. The first-order chi connectivity index (χ1) is 9.94. The van der Waals surface area contributed by atoms with Crippen LogP contribution >= 0.6 is 7.82 Å². The molecule has 2 aromatic rings. The van der Waals surface area contributed by atoms with Gasteiger partial charge in [-0.2, -0.15) is 0 Å². The fourth-order valence-corrected chi connectivity index (χ4v) is 2.21. The molecule has 0 aromatic heterocycles. The third-order valence-electron chi connectivity index (χ3n) is 2.62. The Kier molecular flexibility index (Phi) is 5.20. The highest BCUT2D eigenvalue weighted by Crippen LogP contribution is 2.44. The number of benzene rings is 2. The molecule has 21 heavy (non-hydrogen) atoms. The second-order valence-corrected chi connectivity index (χ2v) is 5.72. The van der Waals surface area contributed by atoms with Crippen molar-refractivity contribution in [1.82, 2.24) is 0 Å². The van der Waals surface area contributed by atoms with Gasteiger partial charge in [0.1, 0.15) is 11.6 Å². The molecule has 0 amide bonds. The van der Waals surface area contributed by atoms with Crippen LogP contribution in [-0.4, -0.2) is 4.89 Å². The van der Waals surface area contributed by atoms with E-state index in [0.29, 0.717) is 11.1 Å². The van der Waals surface area contributed by atoms with E-state index in [0.717, 1.165) is 0 Å². The lowest BCUT2D eigenvalue weighted by Gasteiger charge is -2.12. The van der Waals surface area contributed by atoms with Gasteiger partial charge in [-0.15, -0.1) is 0 Å². The van der Waals surface area contributed by atoms with Gasteiger partial charge in [0.2, 0.25) is 0 Å². The van der Waals surface area contributed by atoms with Gasteiger partial charge < -0.3 is 4.89 Å². The summed E-state index contributed by atoms with van der Waals surface area (Å²) in [5, 5.41) is 0. The van der Waals surface area contributed by atoms with Crippen LogP contribution in [0.2, 0.25) is 0 Å². The van der Waals surface area contributed by atoms with Crippen molar-refractivity contribution in [2.24, 2.45) is 0 Å². The summed E-state index contributed by atoms with van der Waals surface area (Å²) in [6.07, 6.45) is 0. The van der Waals surface area contributed by atoms with E-state index < -0.39 is 19.5 Å². The Morgan fingerprint density at radius 3 is 1.48 bits per heavy atom. The molecule has 0 heterocycles. The molecule has 4 nitrogen and oxygen atoms in total. The summed E-state index contributed by atoms with van der Waals surface area (Å²) in [4.78, 5) is 9.51. The number of phosphoric ester groups is 1. The predicted octanol–water partition coefficient (Wildman–Crippen LogP) is 3.80. The zero-order valence-corrected chi connectivity index (χ0v) is 11.8. The first-order valence-corrected chi connectivity index (χ1v) is 7.55. The lowest BCUT2D eigenvalue weighted by Crippen LogP contribution is -1.97. The number of hydrogen-bond acceptors (Lipinski definition) is 3. The fourth-order valence-electron chi connectivity index (χ4n) is 1.51. The lowest BCUT2D eigenvalue weighted by molar-refractivity contribution is 0.137. The first kappa shape index (κ1) is 15.8. The minimum atomic E-state index is -4.23. The van der Waals surface area contributed by atoms with E-state index in [4.69, 9.17) is 9.05 Å². The molecule has 0 saturated carbocycles. The molecule has 0 saturated heterocycles. The van der Waals surface area contributed by atoms with Gasteiger partial charge in [0.15, 0.2) is 0 Å². The second kappa shape index (κ2) is 6.91. The van der Waals surface area contributed by atoms with Gasteiger partial charge in [-0.1, -0.05) is 24.3 Å². The van der Waals surface area contributed by atoms with Crippen LogP contribution < -0.4 is 0 Å². The van der Waals surface area contributed by atoms with Gasteiger partial charge in [-0.25, -0.2) is 13.3 Å². The van der Waals surface area contributed by atoms with Gasteiger partial charge in [-0.05, 0) is 35.4 Å². The average Bonchev–Trinajstić information content (AvgIpc) is 2.46. The summed E-state index contributed by atoms with van der Waals surface area (Å²) in [5.41, 5.74) is 1.08. The quantitative estimate of drug-likeness (QED) is 0.824. The van der Waals surface area contributed by atoms with Crippen LogP contribution in [0.15, 0.2) is 48.5 Å². The van der Waals surface area contributed by atoms with Crippen molar-refractivity contribution in [2.45, 2.75) is 13.2 Å². The van der Waals surface area contributed by atoms with Crippen LogP contribution in [0.25, 0.3) is 0 Å². The van der Waals surface area contributed by atoms with Crippen LogP contribution in [0.4, 0.5) is 8.78 Å². The molecule has 0 atom stereocenters. The van der Waals surface area contributed by atoms with Crippen molar-refractivity contribution >= 4 is 7.82 Å². The minimum Gasteiger partial charge on any atom is -0.302 e. The third kappa shape index (κ3) is 5.36. The maximum Gasteiger partial charge on any atom is 0.472 e. The van der Waals surface area contributed by atoms with E-state index in [1.807, 2.05) is 0 Å². The Morgan fingerprint density at radius 1 is 0.810 bits per heavy atom. The topological polar surface area (TPSA) is 55.8 Å². The standard InChI is InChI=1S/C14H13F2O4P/c15-13-5-1-11(2-6-13)9-19-21(17,18)20-10-12-3-7-14(16)8-4-12/h1-8H,9-10H2,(H,17,18). The highest BCUT2D eigenvalue weighted by molar-refractivity contribution is 7.47. The Balaban J connectivity index is 1.85. The molecule has 7 heteroatoms. The number of phosphoric acid groups is 1. The van der Waals surface area contributed by atoms with Crippen LogP contribution in [0.5, 0.6) is 0 Å². The van der Waals surface area contributed by atoms with Gasteiger partial charge in [0.05, 0.1) is 13.2 Å². The van der Waals surface area contributed by atoms with Gasteiger partial charge >= 0.3 is 7.82 Å². The van der Waals surface area contributed by atoms with Crippen molar-refractivity contribution in [3.63, 3.8) is 0 Å². The molecule has 2 rings (SSSR count). The molecule has 0 fully saturated rings. The average molecular weight is 314 g/mol. The maximum absolute atomic E-state index is 12.7. The van der Waals surface area contributed by atoms with E-state index >= 15 is 0 Å². The van der Waals surface area contributed by atoms with E-state index in [-0.39, 0.29) is 13.2 Å². The van der Waals surface area contributed by atoms with Crippen molar-refractivity contribution in [3.8, 4) is 0 Å². The van der Waals surface area contributed by atoms with Crippen LogP contribution in [-0.2, 0) is 26.8 Å². The molecule has 2 aromatic carbocycles. The van der Waals surface area contributed by atoms with E-state index in [2.05, 4.69) is 0 Å². The monoisotopic (exact) mass is 314 g/mol. The molecule has 0 bridgehead atoms. The van der Waals surface area contributed by atoms with Crippen molar-refractivity contribution in [2.75, 3.05) is 0 Å². The summed E-state index contributed by atoms with van der Waals surface area (Å²) in [5.74, 6) is -0.808. The zero-order chi connectivity index (χ0) is 15.3.